The third-order valence-corrected chi connectivity index (χ3v) is 3.60. The zero-order valence-corrected chi connectivity index (χ0v) is 15.8. The summed E-state index contributed by atoms with van der Waals surface area (Å²) in [5, 5.41) is 27.6. The molecule has 1 heterocycles. The Bertz CT molecular complexity index is 781. The zero-order chi connectivity index (χ0) is 22.7. The van der Waals surface area contributed by atoms with E-state index in [1.807, 2.05) is 0 Å². The fourth-order valence-corrected chi connectivity index (χ4v) is 2.11. The Morgan fingerprint density at radius 2 is 1.73 bits per heavy atom. The average molecular weight is 429 g/mol. The smallest absolute Gasteiger partial charge is 0.322 e. The maximum absolute atomic E-state index is 12.0. The number of carbonyl (C=O) groups excluding carboxylic acids is 3. The van der Waals surface area contributed by atoms with Gasteiger partial charge < -0.3 is 42.2 Å². The maximum Gasteiger partial charge on any atom is 0.322 e. The number of carboxylic acid groups (broad SMARTS) is 2. The van der Waals surface area contributed by atoms with Gasteiger partial charge in [0.2, 0.25) is 17.7 Å². The van der Waals surface area contributed by atoms with Gasteiger partial charge in [0.15, 0.2) is 5.82 Å². The summed E-state index contributed by atoms with van der Waals surface area (Å²) in [5.41, 5.74) is 10.8. The van der Waals surface area contributed by atoms with Crippen LogP contribution < -0.4 is 27.4 Å². The monoisotopic (exact) mass is 429 g/mol. The number of amides is 4. The van der Waals surface area contributed by atoms with E-state index in [-0.39, 0.29) is 37.5 Å². The van der Waals surface area contributed by atoms with Gasteiger partial charge in [-0.15, -0.1) is 0 Å². The van der Waals surface area contributed by atoms with Crippen molar-refractivity contribution in [3.05, 3.63) is 11.7 Å². The summed E-state index contributed by atoms with van der Waals surface area (Å²) in [7, 11) is 0. The van der Waals surface area contributed by atoms with Gasteiger partial charge in [-0.3, -0.25) is 19.2 Å². The molecule has 0 fully saturated rings. The second-order valence-corrected chi connectivity index (χ2v) is 6.08. The van der Waals surface area contributed by atoms with Crippen LogP contribution in [-0.4, -0.2) is 62.7 Å². The Hall–Kier alpha value is -3.75. The number of carbonyl (C=O) groups is 5. The molecule has 30 heavy (non-hydrogen) atoms. The highest BCUT2D eigenvalue weighted by atomic mass is 16.5. The van der Waals surface area contributed by atoms with Gasteiger partial charge in [0.25, 0.3) is 0 Å². The minimum atomic E-state index is -1.30. The van der Waals surface area contributed by atoms with Crippen LogP contribution in [0.1, 0.15) is 43.4 Å². The number of hydrogen-bond donors (Lipinski definition) is 7. The number of rotatable bonds is 13. The number of nitrogens with two attached hydrogens (primary N) is 2. The van der Waals surface area contributed by atoms with E-state index in [1.54, 1.807) is 0 Å². The Kier molecular flexibility index (Phi) is 9.67. The first-order valence-electron chi connectivity index (χ1n) is 8.70. The van der Waals surface area contributed by atoms with E-state index in [9.17, 15) is 24.0 Å². The predicted molar refractivity (Wildman–Crippen MR) is 96.3 cm³/mol. The summed E-state index contributed by atoms with van der Waals surface area (Å²) in [6.45, 7) is -0.920. The van der Waals surface area contributed by atoms with Crippen LogP contribution in [0.25, 0.3) is 0 Å². The van der Waals surface area contributed by atoms with Gasteiger partial charge in [0.1, 0.15) is 12.6 Å². The summed E-state index contributed by atoms with van der Waals surface area (Å²) < 4.78 is 4.92. The van der Waals surface area contributed by atoms with Crippen LogP contribution in [0.3, 0.4) is 0 Å². The minimum absolute atomic E-state index is 0.00732. The molecular weight excluding hydrogens is 406 g/mol. The van der Waals surface area contributed by atoms with Crippen molar-refractivity contribution in [1.82, 2.24) is 26.1 Å². The van der Waals surface area contributed by atoms with Gasteiger partial charge >= 0.3 is 18.0 Å². The lowest BCUT2D eigenvalue weighted by atomic mass is 10.1. The molecule has 0 saturated heterocycles. The molecule has 0 saturated carbocycles. The molecule has 0 aliphatic rings. The van der Waals surface area contributed by atoms with Crippen molar-refractivity contribution >= 4 is 29.8 Å². The van der Waals surface area contributed by atoms with Crippen LogP contribution in [0, 0.1) is 0 Å². The van der Waals surface area contributed by atoms with Crippen LogP contribution in [-0.2, 0) is 25.7 Å². The first-order chi connectivity index (χ1) is 14.1. The summed E-state index contributed by atoms with van der Waals surface area (Å²) in [5.74, 6) is -3.77. The van der Waals surface area contributed by atoms with Gasteiger partial charge in [-0.1, -0.05) is 5.16 Å². The van der Waals surface area contributed by atoms with Crippen molar-refractivity contribution in [3.63, 3.8) is 0 Å². The van der Waals surface area contributed by atoms with Crippen LogP contribution in [0.15, 0.2) is 4.52 Å². The zero-order valence-electron chi connectivity index (χ0n) is 15.8. The number of nitrogens with zero attached hydrogens (tertiary/aromatic N) is 2. The molecule has 1 aromatic rings. The average Bonchev–Trinajstić information content (AvgIpc) is 3.14. The highest BCUT2D eigenvalue weighted by molar-refractivity contribution is 5.89. The highest BCUT2D eigenvalue weighted by Gasteiger charge is 2.22. The number of aliphatic carboxylic acids is 2. The fourth-order valence-electron chi connectivity index (χ4n) is 2.11. The molecule has 0 bridgehead atoms. The largest absolute Gasteiger partial charge is 0.481 e. The lowest BCUT2D eigenvalue weighted by Gasteiger charge is -2.17. The van der Waals surface area contributed by atoms with Crippen molar-refractivity contribution in [2.24, 2.45) is 11.5 Å². The van der Waals surface area contributed by atoms with E-state index in [0.29, 0.717) is 0 Å². The van der Waals surface area contributed by atoms with Crippen molar-refractivity contribution in [1.29, 1.82) is 0 Å². The molecular formula is C15H23N7O8. The molecule has 0 radical (unpaired) electrons. The van der Waals surface area contributed by atoms with E-state index in [1.165, 1.54) is 0 Å². The molecule has 1 aromatic heterocycles. The Morgan fingerprint density at radius 3 is 2.33 bits per heavy atom. The number of urea groups is 1. The number of nitrogens with one attached hydrogen (secondary N) is 3. The molecule has 2 atom stereocenters. The SMILES string of the molecule is NC(=O)CC[C@H](N)c1noc(CNC(=O)N[C@@H](CCC(=O)O)C(=O)NCC(=O)O)n1. The summed E-state index contributed by atoms with van der Waals surface area (Å²) in [6.07, 6.45) is -0.443. The summed E-state index contributed by atoms with van der Waals surface area (Å²) >= 11 is 0. The predicted octanol–water partition coefficient (Wildman–Crippen LogP) is -2.43. The van der Waals surface area contributed by atoms with Crippen molar-refractivity contribution < 1.29 is 38.7 Å². The van der Waals surface area contributed by atoms with Gasteiger partial charge in [-0.05, 0) is 12.8 Å². The molecule has 0 aliphatic carbocycles. The van der Waals surface area contributed by atoms with Gasteiger partial charge in [-0.25, -0.2) is 4.79 Å². The first-order valence-corrected chi connectivity index (χ1v) is 8.70. The fraction of sp³-hybridized carbons (Fsp3) is 0.533. The van der Waals surface area contributed by atoms with Crippen molar-refractivity contribution in [2.45, 2.75) is 44.3 Å². The minimum Gasteiger partial charge on any atom is -0.481 e. The van der Waals surface area contributed by atoms with Crippen LogP contribution >= 0.6 is 0 Å². The first kappa shape index (κ1) is 24.3. The van der Waals surface area contributed by atoms with E-state index in [4.69, 9.17) is 26.2 Å². The number of hydrogen-bond acceptors (Lipinski definition) is 9. The topological polar surface area (TPSA) is 253 Å². The normalized spacial score (nSPS) is 12.4. The van der Waals surface area contributed by atoms with Gasteiger partial charge in [0.05, 0.1) is 12.6 Å². The van der Waals surface area contributed by atoms with Gasteiger partial charge in [-0.2, -0.15) is 4.98 Å². The second kappa shape index (κ2) is 11.9. The standard InChI is InChI=1S/C15H23N7O8/c16-7(1-3-9(17)23)13-21-10(30-22-13)5-19-15(29)20-8(2-4-11(24)25)14(28)18-6-12(26)27/h7-8H,1-6,16H2,(H2,17,23)(H,18,28)(H,24,25)(H,26,27)(H2,19,20,29)/t7-,8-/m0/s1. The van der Waals surface area contributed by atoms with Crippen molar-refractivity contribution in [2.75, 3.05) is 6.54 Å². The van der Waals surface area contributed by atoms with E-state index >= 15 is 0 Å². The van der Waals surface area contributed by atoms with Crippen LogP contribution in [0.2, 0.25) is 0 Å². The lowest BCUT2D eigenvalue weighted by molar-refractivity contribution is -0.139. The van der Waals surface area contributed by atoms with E-state index < -0.39 is 54.8 Å². The highest BCUT2D eigenvalue weighted by Crippen LogP contribution is 2.12. The Balaban J connectivity index is 2.58. The van der Waals surface area contributed by atoms with Crippen LogP contribution in [0.5, 0.6) is 0 Å². The number of carboxylic acids is 2. The second-order valence-electron chi connectivity index (χ2n) is 6.08. The number of primary amides is 1. The molecule has 0 spiro atoms. The third kappa shape index (κ3) is 9.45. The summed E-state index contributed by atoms with van der Waals surface area (Å²) in [6, 6.07) is -2.82. The molecule has 15 heteroatoms. The molecule has 0 aromatic carbocycles. The van der Waals surface area contributed by atoms with Crippen LogP contribution in [0.4, 0.5) is 4.79 Å². The molecule has 166 valence electrons. The Labute approximate surface area is 169 Å². The maximum atomic E-state index is 12.0. The van der Waals surface area contributed by atoms with Gasteiger partial charge in [0, 0.05) is 12.8 Å². The molecule has 15 nitrogen and oxygen atoms in total. The Morgan fingerprint density at radius 1 is 1.03 bits per heavy atom. The molecule has 0 aliphatic heterocycles. The lowest BCUT2D eigenvalue weighted by Crippen LogP contribution is -2.50. The molecule has 1 rings (SSSR count). The quantitative estimate of drug-likeness (QED) is 0.173. The molecule has 0 unspecified atom stereocenters. The number of aromatic nitrogens is 2. The third-order valence-electron chi connectivity index (χ3n) is 3.60. The van der Waals surface area contributed by atoms with E-state index in [0.717, 1.165) is 0 Å². The van der Waals surface area contributed by atoms with E-state index in [2.05, 4.69) is 26.1 Å². The summed E-state index contributed by atoms with van der Waals surface area (Å²) in [4.78, 5) is 59.9. The molecule has 9 N–H and O–H groups in total. The van der Waals surface area contributed by atoms with Crippen molar-refractivity contribution in [3.8, 4) is 0 Å². The molecule has 4 amide bonds.